The second kappa shape index (κ2) is 7.50. The molecular formula is C9H15BF3K. The first-order valence-corrected chi connectivity index (χ1v) is 4.98. The molecule has 5 heteroatoms. The molecule has 0 saturated heterocycles. The van der Waals surface area contributed by atoms with Gasteiger partial charge in [-0.3, -0.25) is 0 Å². The van der Waals surface area contributed by atoms with Crippen molar-refractivity contribution in [3.8, 4) is 0 Å². The summed E-state index contributed by atoms with van der Waals surface area (Å²) in [5, 5.41) is 0. The molecule has 0 aliphatic heterocycles. The summed E-state index contributed by atoms with van der Waals surface area (Å²) in [6, 6.07) is 0. The number of hydrogen-bond donors (Lipinski definition) is 0. The molecule has 14 heavy (non-hydrogen) atoms. The standard InChI is InChI=1S/C9H15BF3.K/c11-10(12,13)8-9-6-4-2-1-3-5-7-9;/h8H,1-7H2;/q-1;+1. The van der Waals surface area contributed by atoms with Crippen molar-refractivity contribution >= 4 is 6.98 Å². The Morgan fingerprint density at radius 1 is 0.857 bits per heavy atom. The number of hydrogen-bond acceptors (Lipinski definition) is 0. The van der Waals surface area contributed by atoms with Gasteiger partial charge >= 0.3 is 58.4 Å². The van der Waals surface area contributed by atoms with Crippen LogP contribution in [0.5, 0.6) is 0 Å². The van der Waals surface area contributed by atoms with Gasteiger partial charge in [0.1, 0.15) is 0 Å². The third-order valence-electron chi connectivity index (χ3n) is 2.42. The molecule has 0 atom stereocenters. The van der Waals surface area contributed by atoms with E-state index < -0.39 is 6.98 Å². The fourth-order valence-electron chi connectivity index (χ4n) is 1.79. The van der Waals surface area contributed by atoms with Crippen LogP contribution < -0.4 is 51.4 Å². The Morgan fingerprint density at radius 3 is 1.71 bits per heavy atom. The van der Waals surface area contributed by atoms with Crippen LogP contribution in [-0.2, 0) is 0 Å². The molecule has 0 bridgehead atoms. The predicted octanol–water partition coefficient (Wildman–Crippen LogP) is 1.05. The third-order valence-corrected chi connectivity index (χ3v) is 2.42. The van der Waals surface area contributed by atoms with Crippen LogP contribution in [0.15, 0.2) is 11.5 Å². The van der Waals surface area contributed by atoms with Gasteiger partial charge in [0.15, 0.2) is 0 Å². The van der Waals surface area contributed by atoms with E-state index in [2.05, 4.69) is 0 Å². The Labute approximate surface area is 126 Å². The molecular weight excluding hydrogens is 215 g/mol. The zero-order valence-corrected chi connectivity index (χ0v) is 11.9. The first-order valence-electron chi connectivity index (χ1n) is 4.98. The van der Waals surface area contributed by atoms with Crippen LogP contribution in [0.3, 0.4) is 0 Å². The summed E-state index contributed by atoms with van der Waals surface area (Å²) < 4.78 is 36.2. The molecule has 0 spiro atoms. The van der Waals surface area contributed by atoms with Gasteiger partial charge in [-0.1, -0.05) is 19.3 Å². The number of halogens is 3. The minimum absolute atomic E-state index is 0. The summed E-state index contributed by atoms with van der Waals surface area (Å²) in [7, 11) is 0. The van der Waals surface area contributed by atoms with Crippen LogP contribution >= 0.6 is 0 Å². The normalized spacial score (nSPS) is 19.2. The van der Waals surface area contributed by atoms with Crippen molar-refractivity contribution in [3.63, 3.8) is 0 Å². The molecule has 1 aliphatic carbocycles. The van der Waals surface area contributed by atoms with E-state index in [0.29, 0.717) is 24.4 Å². The molecule has 0 aromatic carbocycles. The van der Waals surface area contributed by atoms with Gasteiger partial charge in [0.05, 0.1) is 0 Å². The van der Waals surface area contributed by atoms with Crippen LogP contribution in [0.4, 0.5) is 12.9 Å². The predicted molar refractivity (Wildman–Crippen MR) is 49.5 cm³/mol. The van der Waals surface area contributed by atoms with E-state index in [1.165, 1.54) is 6.42 Å². The van der Waals surface area contributed by atoms with Gasteiger partial charge in [0.25, 0.3) is 0 Å². The summed E-state index contributed by atoms with van der Waals surface area (Å²) in [4.78, 5) is 0. The summed E-state index contributed by atoms with van der Waals surface area (Å²) in [5.74, 6) is 0.561. The van der Waals surface area contributed by atoms with Crippen LogP contribution in [0.1, 0.15) is 44.9 Å². The number of rotatable bonds is 1. The van der Waals surface area contributed by atoms with E-state index >= 15 is 0 Å². The van der Waals surface area contributed by atoms with Gasteiger partial charge in [-0.2, -0.15) is 0 Å². The Morgan fingerprint density at radius 2 is 1.29 bits per heavy atom. The first kappa shape index (κ1) is 15.2. The maximum atomic E-state index is 12.1. The molecule has 0 N–H and O–H groups in total. The van der Waals surface area contributed by atoms with E-state index in [-0.39, 0.29) is 51.4 Å². The Bertz CT molecular complexity index is 179. The molecule has 0 nitrogen and oxygen atoms in total. The zero-order valence-electron chi connectivity index (χ0n) is 8.74. The molecule has 0 heterocycles. The minimum Gasteiger partial charge on any atom is -0.445 e. The summed E-state index contributed by atoms with van der Waals surface area (Å²) in [6.45, 7) is -4.71. The van der Waals surface area contributed by atoms with Crippen molar-refractivity contribution < 1.29 is 64.3 Å². The fourth-order valence-corrected chi connectivity index (χ4v) is 1.79. The quantitative estimate of drug-likeness (QED) is 0.590. The number of allylic oxidation sites excluding steroid dienone is 1. The average molecular weight is 230 g/mol. The minimum atomic E-state index is -4.71. The van der Waals surface area contributed by atoms with Crippen molar-refractivity contribution in [2.45, 2.75) is 44.9 Å². The van der Waals surface area contributed by atoms with Crippen molar-refractivity contribution in [2.24, 2.45) is 0 Å². The van der Waals surface area contributed by atoms with Crippen LogP contribution in [0.2, 0.25) is 0 Å². The molecule has 1 saturated carbocycles. The van der Waals surface area contributed by atoms with Gasteiger partial charge in [0.2, 0.25) is 0 Å². The van der Waals surface area contributed by atoms with Crippen LogP contribution in [-0.4, -0.2) is 6.98 Å². The molecule has 0 amide bonds. The molecule has 1 fully saturated rings. The van der Waals surface area contributed by atoms with Crippen molar-refractivity contribution in [1.82, 2.24) is 0 Å². The molecule has 0 radical (unpaired) electrons. The van der Waals surface area contributed by atoms with Crippen LogP contribution in [0, 0.1) is 0 Å². The summed E-state index contributed by atoms with van der Waals surface area (Å²) in [6.07, 6.45) is 6.52. The topological polar surface area (TPSA) is 0 Å². The third kappa shape index (κ3) is 7.51. The van der Waals surface area contributed by atoms with E-state index in [9.17, 15) is 12.9 Å². The summed E-state index contributed by atoms with van der Waals surface area (Å²) >= 11 is 0. The van der Waals surface area contributed by atoms with Gasteiger partial charge in [-0.25, -0.2) is 0 Å². The average Bonchev–Trinajstić information content (AvgIpc) is 1.92. The Balaban J connectivity index is 0.00000169. The van der Waals surface area contributed by atoms with E-state index in [1.807, 2.05) is 0 Å². The van der Waals surface area contributed by atoms with E-state index in [0.717, 1.165) is 25.7 Å². The van der Waals surface area contributed by atoms with E-state index in [4.69, 9.17) is 0 Å². The van der Waals surface area contributed by atoms with Crippen molar-refractivity contribution in [2.75, 3.05) is 0 Å². The molecule has 1 aliphatic rings. The SMILES string of the molecule is F[B-](F)(F)C=C1CCCCCCC1.[K+]. The van der Waals surface area contributed by atoms with Crippen molar-refractivity contribution in [1.29, 1.82) is 0 Å². The maximum absolute atomic E-state index is 12.1. The van der Waals surface area contributed by atoms with Gasteiger partial charge in [0, 0.05) is 0 Å². The molecule has 0 unspecified atom stereocenters. The Hall–Kier alpha value is 1.23. The van der Waals surface area contributed by atoms with Gasteiger partial charge in [-0.05, 0) is 25.7 Å². The molecule has 0 aromatic rings. The smallest absolute Gasteiger partial charge is 0.445 e. The van der Waals surface area contributed by atoms with E-state index in [1.54, 1.807) is 0 Å². The molecule has 1 rings (SSSR count). The van der Waals surface area contributed by atoms with Gasteiger partial charge < -0.3 is 12.9 Å². The van der Waals surface area contributed by atoms with Gasteiger partial charge in [-0.15, -0.1) is 11.5 Å². The molecule has 76 valence electrons. The largest absolute Gasteiger partial charge is 1.00 e. The van der Waals surface area contributed by atoms with Crippen LogP contribution in [0.25, 0.3) is 0 Å². The fraction of sp³-hybridized carbons (Fsp3) is 0.778. The zero-order chi connectivity index (χ0) is 9.73. The molecule has 0 aromatic heterocycles. The second-order valence-electron chi connectivity index (χ2n) is 3.72. The Kier molecular flexibility index (Phi) is 8.15. The summed E-state index contributed by atoms with van der Waals surface area (Å²) in [5.41, 5.74) is 0.618. The van der Waals surface area contributed by atoms with Crippen molar-refractivity contribution in [3.05, 3.63) is 11.5 Å². The monoisotopic (exact) mass is 230 g/mol. The second-order valence-corrected chi connectivity index (χ2v) is 3.72. The maximum Gasteiger partial charge on any atom is 1.00 e. The first-order chi connectivity index (χ1) is 6.08.